The Balaban J connectivity index is 2.15. The molecule has 0 saturated carbocycles. The summed E-state index contributed by atoms with van der Waals surface area (Å²) < 4.78 is 38.6. The van der Waals surface area contributed by atoms with Crippen molar-refractivity contribution in [1.82, 2.24) is 5.32 Å². The van der Waals surface area contributed by atoms with E-state index in [-0.39, 0.29) is 23.4 Å². The minimum absolute atomic E-state index is 0.0695. The predicted octanol–water partition coefficient (Wildman–Crippen LogP) is 1.96. The van der Waals surface area contributed by atoms with Crippen LogP contribution in [0.4, 0.5) is 18.9 Å². The van der Waals surface area contributed by atoms with Crippen LogP contribution in [0.1, 0.15) is 17.0 Å². The van der Waals surface area contributed by atoms with Crippen molar-refractivity contribution in [1.29, 1.82) is 0 Å². The lowest BCUT2D eigenvalue weighted by Crippen LogP contribution is -2.34. The first-order valence-corrected chi connectivity index (χ1v) is 5.70. The Morgan fingerprint density at radius 2 is 1.89 bits per heavy atom. The van der Waals surface area contributed by atoms with Crippen molar-refractivity contribution >= 4 is 11.6 Å². The Bertz CT molecular complexity index is 513. The average molecular weight is 256 g/mol. The second-order valence-electron chi connectivity index (χ2n) is 4.63. The number of para-hydroxylation sites is 1. The maximum absolute atomic E-state index is 12.9. The van der Waals surface area contributed by atoms with Crippen molar-refractivity contribution in [3.8, 4) is 0 Å². The number of carbonyl (C=O) groups is 1. The average Bonchev–Trinajstić information content (AvgIpc) is 2.77. The molecular formula is C12H11F3N2O. The lowest BCUT2D eigenvalue weighted by molar-refractivity contribution is -0.137. The molecule has 18 heavy (non-hydrogen) atoms. The molecule has 1 amide bonds. The highest BCUT2D eigenvalue weighted by molar-refractivity contribution is 5.98. The second-order valence-corrected chi connectivity index (χ2v) is 4.63. The van der Waals surface area contributed by atoms with E-state index in [1.165, 1.54) is 6.07 Å². The summed E-state index contributed by atoms with van der Waals surface area (Å²) in [7, 11) is 0. The molecule has 1 aromatic rings. The number of fused-ring (bicyclic) bond motifs is 3. The van der Waals surface area contributed by atoms with E-state index < -0.39 is 11.7 Å². The topological polar surface area (TPSA) is 41.1 Å². The van der Waals surface area contributed by atoms with Gasteiger partial charge in [-0.2, -0.15) is 13.2 Å². The fourth-order valence-electron chi connectivity index (χ4n) is 2.75. The van der Waals surface area contributed by atoms with Gasteiger partial charge in [-0.3, -0.25) is 4.79 Å². The van der Waals surface area contributed by atoms with E-state index in [1.807, 2.05) is 0 Å². The quantitative estimate of drug-likeness (QED) is 0.745. The lowest BCUT2D eigenvalue weighted by Gasteiger charge is -2.29. The van der Waals surface area contributed by atoms with Gasteiger partial charge in [-0.1, -0.05) is 12.1 Å². The zero-order chi connectivity index (χ0) is 12.9. The molecule has 2 atom stereocenters. The molecule has 0 aromatic heterocycles. The molecule has 2 aliphatic rings. The minimum Gasteiger partial charge on any atom is -0.325 e. The van der Waals surface area contributed by atoms with Gasteiger partial charge in [-0.25, -0.2) is 0 Å². The fourth-order valence-corrected chi connectivity index (χ4v) is 2.75. The molecule has 3 nitrogen and oxygen atoms in total. The Hall–Kier alpha value is -1.56. The molecule has 2 N–H and O–H groups in total. The van der Waals surface area contributed by atoms with Crippen molar-refractivity contribution in [3.63, 3.8) is 0 Å². The summed E-state index contributed by atoms with van der Waals surface area (Å²) in [4.78, 5) is 11.8. The monoisotopic (exact) mass is 256 g/mol. The van der Waals surface area contributed by atoms with E-state index in [0.717, 1.165) is 6.07 Å². The fraction of sp³-hybridized carbons (Fsp3) is 0.417. The largest absolute Gasteiger partial charge is 0.418 e. The highest BCUT2D eigenvalue weighted by Crippen LogP contribution is 2.44. The highest BCUT2D eigenvalue weighted by atomic mass is 19.4. The summed E-state index contributed by atoms with van der Waals surface area (Å²) in [5.74, 6) is -0.744. The summed E-state index contributed by atoms with van der Waals surface area (Å²) in [6.45, 7) is 1.07. The first-order chi connectivity index (χ1) is 8.48. The highest BCUT2D eigenvalue weighted by Gasteiger charge is 2.43. The van der Waals surface area contributed by atoms with Crippen LogP contribution in [0.25, 0.3) is 0 Å². The van der Waals surface area contributed by atoms with Crippen LogP contribution in [0, 0.1) is 5.92 Å². The smallest absolute Gasteiger partial charge is 0.325 e. The van der Waals surface area contributed by atoms with Crippen molar-refractivity contribution in [2.45, 2.75) is 12.1 Å². The number of amides is 1. The number of hydrogen-bond acceptors (Lipinski definition) is 2. The van der Waals surface area contributed by atoms with Crippen LogP contribution in [0.5, 0.6) is 0 Å². The molecule has 96 valence electrons. The van der Waals surface area contributed by atoms with Gasteiger partial charge >= 0.3 is 6.18 Å². The maximum Gasteiger partial charge on any atom is 0.418 e. The Morgan fingerprint density at radius 3 is 2.61 bits per heavy atom. The standard InChI is InChI=1S/C12H11F3N2O/c13-12(14,15)9-3-1-2-6-7-4-16-5-8(7)11(18)17-10(6)9/h1-3,7-8,16H,4-5H2,(H,17,18). The third-order valence-electron chi connectivity index (χ3n) is 3.60. The van der Waals surface area contributed by atoms with Crippen molar-refractivity contribution in [2.75, 3.05) is 18.4 Å². The SMILES string of the molecule is O=C1Nc2c(cccc2C(F)(F)F)C2CNCC12. The first kappa shape index (κ1) is 11.5. The first-order valence-electron chi connectivity index (χ1n) is 5.70. The normalized spacial score (nSPS) is 26.5. The molecule has 1 fully saturated rings. The van der Waals surface area contributed by atoms with Crippen molar-refractivity contribution in [2.24, 2.45) is 5.92 Å². The molecule has 2 aliphatic heterocycles. The molecule has 6 heteroatoms. The Labute approximate surface area is 101 Å². The molecule has 3 rings (SSSR count). The third kappa shape index (κ3) is 1.59. The number of nitrogens with one attached hydrogen (secondary N) is 2. The summed E-state index contributed by atoms with van der Waals surface area (Å²) in [6.07, 6.45) is -4.45. The van der Waals surface area contributed by atoms with Crippen LogP contribution in [0.3, 0.4) is 0 Å². The van der Waals surface area contributed by atoms with E-state index in [4.69, 9.17) is 0 Å². The number of alkyl halides is 3. The Morgan fingerprint density at radius 1 is 1.17 bits per heavy atom. The van der Waals surface area contributed by atoms with Crippen LogP contribution in [0.15, 0.2) is 18.2 Å². The van der Waals surface area contributed by atoms with Gasteiger partial charge in [0.25, 0.3) is 0 Å². The van der Waals surface area contributed by atoms with Gasteiger partial charge in [0.05, 0.1) is 17.2 Å². The molecule has 1 saturated heterocycles. The molecule has 2 unspecified atom stereocenters. The summed E-state index contributed by atoms with van der Waals surface area (Å²) in [5, 5.41) is 5.46. The van der Waals surface area contributed by atoms with E-state index in [1.54, 1.807) is 6.07 Å². The van der Waals surface area contributed by atoms with Crippen molar-refractivity contribution < 1.29 is 18.0 Å². The van der Waals surface area contributed by atoms with Crippen LogP contribution < -0.4 is 10.6 Å². The number of halogens is 3. The number of carbonyl (C=O) groups excluding carboxylic acids is 1. The van der Waals surface area contributed by atoms with Gasteiger partial charge in [-0.05, 0) is 11.6 Å². The molecule has 0 spiro atoms. The van der Waals surface area contributed by atoms with Gasteiger partial charge < -0.3 is 10.6 Å². The van der Waals surface area contributed by atoms with Gasteiger partial charge in [-0.15, -0.1) is 0 Å². The third-order valence-corrected chi connectivity index (χ3v) is 3.60. The van der Waals surface area contributed by atoms with Crippen LogP contribution >= 0.6 is 0 Å². The van der Waals surface area contributed by atoms with Crippen LogP contribution in [0.2, 0.25) is 0 Å². The van der Waals surface area contributed by atoms with Gasteiger partial charge in [0.2, 0.25) is 5.91 Å². The summed E-state index contributed by atoms with van der Waals surface area (Å²) in [5.41, 5.74) is -0.252. The summed E-state index contributed by atoms with van der Waals surface area (Å²) in [6, 6.07) is 4.06. The van der Waals surface area contributed by atoms with Crippen LogP contribution in [-0.2, 0) is 11.0 Å². The van der Waals surface area contributed by atoms with Crippen LogP contribution in [-0.4, -0.2) is 19.0 Å². The summed E-state index contributed by atoms with van der Waals surface area (Å²) >= 11 is 0. The molecule has 0 aliphatic carbocycles. The van der Waals surface area contributed by atoms with Gasteiger partial charge in [0.15, 0.2) is 0 Å². The number of anilines is 1. The van der Waals surface area contributed by atoms with E-state index in [2.05, 4.69) is 10.6 Å². The maximum atomic E-state index is 12.9. The number of benzene rings is 1. The molecule has 0 bridgehead atoms. The van der Waals surface area contributed by atoms with Gasteiger partial charge in [0.1, 0.15) is 0 Å². The minimum atomic E-state index is -4.45. The Kier molecular flexibility index (Phi) is 2.38. The zero-order valence-electron chi connectivity index (χ0n) is 9.34. The zero-order valence-corrected chi connectivity index (χ0v) is 9.34. The molecule has 1 aromatic carbocycles. The molecule has 2 heterocycles. The second kappa shape index (κ2) is 3.71. The lowest BCUT2D eigenvalue weighted by atomic mass is 9.83. The number of rotatable bonds is 0. The van der Waals surface area contributed by atoms with Gasteiger partial charge in [0, 0.05) is 19.0 Å². The predicted molar refractivity (Wildman–Crippen MR) is 59.2 cm³/mol. The number of hydrogen-bond donors (Lipinski definition) is 2. The molecule has 0 radical (unpaired) electrons. The van der Waals surface area contributed by atoms with Crippen molar-refractivity contribution in [3.05, 3.63) is 29.3 Å². The van der Waals surface area contributed by atoms with E-state index in [0.29, 0.717) is 18.7 Å². The molecular weight excluding hydrogens is 245 g/mol. The van der Waals surface area contributed by atoms with E-state index >= 15 is 0 Å². The van der Waals surface area contributed by atoms with E-state index in [9.17, 15) is 18.0 Å².